The first-order chi connectivity index (χ1) is 8.70. The smallest absolute Gasteiger partial charge is 0.0834 e. The van der Waals surface area contributed by atoms with Crippen LogP contribution >= 0.6 is 15.9 Å². The van der Waals surface area contributed by atoms with Gasteiger partial charge < -0.3 is 10.1 Å². The lowest BCUT2D eigenvalue weighted by Crippen LogP contribution is -2.50. The number of aromatic nitrogens is 1. The van der Waals surface area contributed by atoms with Gasteiger partial charge >= 0.3 is 0 Å². The average Bonchev–Trinajstić information content (AvgIpc) is 2.88. The van der Waals surface area contributed by atoms with Gasteiger partial charge in [0.1, 0.15) is 0 Å². The van der Waals surface area contributed by atoms with Crippen molar-refractivity contribution in [2.24, 2.45) is 0 Å². The lowest BCUT2D eigenvalue weighted by atomic mass is 9.88. The number of hydrogen-bond acceptors (Lipinski definition) is 3. The van der Waals surface area contributed by atoms with Crippen molar-refractivity contribution in [2.45, 2.75) is 43.7 Å². The Morgan fingerprint density at radius 2 is 2.17 bits per heavy atom. The molecule has 1 unspecified atom stereocenters. The molecule has 0 spiro atoms. The molecule has 0 amide bonds. The zero-order valence-corrected chi connectivity index (χ0v) is 12.7. The lowest BCUT2D eigenvalue weighted by molar-refractivity contribution is -0.0338. The number of pyridine rings is 1. The molecule has 4 heteroatoms. The zero-order valence-electron chi connectivity index (χ0n) is 11.1. The molecule has 18 heavy (non-hydrogen) atoms. The average molecular weight is 313 g/mol. The van der Waals surface area contributed by atoms with Crippen LogP contribution in [0.5, 0.6) is 0 Å². The minimum Gasteiger partial charge on any atom is -0.377 e. The predicted octanol–water partition coefficient (Wildman–Crippen LogP) is 2.93. The zero-order chi connectivity index (χ0) is 13.0. The minimum atomic E-state index is -0.0104. The summed E-state index contributed by atoms with van der Waals surface area (Å²) in [6.45, 7) is 0. The highest BCUT2D eigenvalue weighted by atomic mass is 79.9. The van der Waals surface area contributed by atoms with E-state index in [1.54, 1.807) is 0 Å². The van der Waals surface area contributed by atoms with Crippen molar-refractivity contribution in [1.82, 2.24) is 10.3 Å². The summed E-state index contributed by atoms with van der Waals surface area (Å²) >= 11 is 3.42. The molecule has 1 atom stereocenters. The van der Waals surface area contributed by atoms with Gasteiger partial charge in [0.2, 0.25) is 0 Å². The third-order valence-electron chi connectivity index (χ3n) is 4.04. The van der Waals surface area contributed by atoms with Crippen LogP contribution in [0, 0.1) is 0 Å². The molecule has 0 radical (unpaired) electrons. The number of methoxy groups -OCH3 is 1. The van der Waals surface area contributed by atoms with E-state index >= 15 is 0 Å². The van der Waals surface area contributed by atoms with Crippen molar-refractivity contribution in [3.63, 3.8) is 0 Å². The Hall–Kier alpha value is -0.450. The van der Waals surface area contributed by atoms with E-state index in [-0.39, 0.29) is 5.60 Å². The Morgan fingerprint density at radius 1 is 1.44 bits per heavy atom. The third kappa shape index (κ3) is 2.92. The van der Waals surface area contributed by atoms with Crippen molar-refractivity contribution in [3.05, 3.63) is 28.5 Å². The van der Waals surface area contributed by atoms with Gasteiger partial charge in [0, 0.05) is 35.9 Å². The summed E-state index contributed by atoms with van der Waals surface area (Å²) < 4.78 is 6.87. The Kier molecular flexibility index (Phi) is 4.76. The van der Waals surface area contributed by atoms with E-state index in [1.165, 1.54) is 12.8 Å². The van der Waals surface area contributed by atoms with Crippen molar-refractivity contribution in [3.8, 4) is 0 Å². The van der Waals surface area contributed by atoms with Gasteiger partial charge in [0.25, 0.3) is 0 Å². The second-order valence-corrected chi connectivity index (χ2v) is 5.90. The molecular formula is C14H21BrN2O. The first-order valence-corrected chi connectivity index (χ1v) is 7.32. The molecule has 1 fully saturated rings. The summed E-state index contributed by atoms with van der Waals surface area (Å²) in [6.07, 6.45) is 7.59. The van der Waals surface area contributed by atoms with E-state index in [0.717, 1.165) is 29.4 Å². The van der Waals surface area contributed by atoms with Gasteiger partial charge in [-0.15, -0.1) is 0 Å². The first kappa shape index (κ1) is 14.0. The summed E-state index contributed by atoms with van der Waals surface area (Å²) in [7, 11) is 3.85. The van der Waals surface area contributed by atoms with Gasteiger partial charge in [-0.3, -0.25) is 4.98 Å². The summed E-state index contributed by atoms with van der Waals surface area (Å²) in [5, 5.41) is 3.42. The fraction of sp³-hybridized carbons (Fsp3) is 0.643. The van der Waals surface area contributed by atoms with E-state index in [0.29, 0.717) is 6.04 Å². The molecule has 0 aliphatic heterocycles. The molecule has 1 aromatic rings. The number of rotatable bonds is 5. The molecule has 100 valence electrons. The van der Waals surface area contributed by atoms with Gasteiger partial charge in [0.05, 0.1) is 5.60 Å². The number of ether oxygens (including phenoxy) is 1. The molecule has 1 aliphatic rings. The summed E-state index contributed by atoms with van der Waals surface area (Å²) in [5.74, 6) is 0. The van der Waals surface area contributed by atoms with E-state index in [4.69, 9.17) is 4.74 Å². The SMILES string of the molecule is CNC(Cc1ccc(Br)cn1)C1(OC)CCCC1. The fourth-order valence-electron chi connectivity index (χ4n) is 2.96. The van der Waals surface area contributed by atoms with Crippen LogP contribution in [-0.2, 0) is 11.2 Å². The molecule has 0 saturated heterocycles. The van der Waals surface area contributed by atoms with Crippen LogP contribution in [0.15, 0.2) is 22.8 Å². The minimum absolute atomic E-state index is 0.0104. The maximum Gasteiger partial charge on any atom is 0.0834 e. The highest BCUT2D eigenvalue weighted by Crippen LogP contribution is 2.36. The van der Waals surface area contributed by atoms with E-state index in [2.05, 4.69) is 32.3 Å². The molecule has 1 heterocycles. The molecule has 1 aromatic heterocycles. The molecule has 1 aliphatic carbocycles. The highest BCUT2D eigenvalue weighted by Gasteiger charge is 2.40. The van der Waals surface area contributed by atoms with Crippen LogP contribution in [0.4, 0.5) is 0 Å². The van der Waals surface area contributed by atoms with Crippen molar-refractivity contribution >= 4 is 15.9 Å². The van der Waals surface area contributed by atoms with E-state index in [9.17, 15) is 0 Å². The van der Waals surface area contributed by atoms with Crippen LogP contribution in [0.2, 0.25) is 0 Å². The molecule has 3 nitrogen and oxygen atoms in total. The van der Waals surface area contributed by atoms with Gasteiger partial charge in [-0.2, -0.15) is 0 Å². The van der Waals surface area contributed by atoms with Crippen molar-refractivity contribution < 1.29 is 4.74 Å². The number of halogens is 1. The molecule has 1 saturated carbocycles. The molecule has 2 rings (SSSR count). The van der Waals surface area contributed by atoms with E-state index < -0.39 is 0 Å². The number of likely N-dealkylation sites (N-methyl/N-ethyl adjacent to an activating group) is 1. The molecule has 0 aromatic carbocycles. The summed E-state index contributed by atoms with van der Waals surface area (Å²) in [4.78, 5) is 4.46. The Labute approximate surface area is 117 Å². The van der Waals surface area contributed by atoms with Crippen molar-refractivity contribution in [1.29, 1.82) is 0 Å². The largest absolute Gasteiger partial charge is 0.377 e. The van der Waals surface area contributed by atoms with Gasteiger partial charge in [-0.25, -0.2) is 0 Å². The Bertz CT molecular complexity index is 374. The maximum absolute atomic E-state index is 5.85. The standard InChI is InChI=1S/C14H21BrN2O/c1-16-13(14(18-2)7-3-4-8-14)9-12-6-5-11(15)10-17-12/h5-6,10,13,16H,3-4,7-9H2,1-2H3. The molecule has 1 N–H and O–H groups in total. The summed E-state index contributed by atoms with van der Waals surface area (Å²) in [5.41, 5.74) is 1.10. The number of nitrogens with one attached hydrogen (secondary N) is 1. The predicted molar refractivity (Wildman–Crippen MR) is 76.7 cm³/mol. The van der Waals surface area contributed by atoms with Crippen LogP contribution in [0.1, 0.15) is 31.4 Å². The first-order valence-electron chi connectivity index (χ1n) is 6.53. The summed E-state index contributed by atoms with van der Waals surface area (Å²) in [6, 6.07) is 4.45. The molecular weight excluding hydrogens is 292 g/mol. The quantitative estimate of drug-likeness (QED) is 0.907. The number of hydrogen-bond donors (Lipinski definition) is 1. The highest BCUT2D eigenvalue weighted by molar-refractivity contribution is 9.10. The van der Waals surface area contributed by atoms with Gasteiger partial charge in [-0.05, 0) is 48.0 Å². The van der Waals surface area contributed by atoms with Crippen LogP contribution in [0.25, 0.3) is 0 Å². The fourth-order valence-corrected chi connectivity index (χ4v) is 3.19. The number of nitrogens with zero attached hydrogens (tertiary/aromatic N) is 1. The Balaban J connectivity index is 2.11. The van der Waals surface area contributed by atoms with Crippen LogP contribution in [0.3, 0.4) is 0 Å². The van der Waals surface area contributed by atoms with E-state index in [1.807, 2.05) is 26.4 Å². The maximum atomic E-state index is 5.85. The van der Waals surface area contributed by atoms with Gasteiger partial charge in [-0.1, -0.05) is 12.8 Å². The van der Waals surface area contributed by atoms with Crippen molar-refractivity contribution in [2.75, 3.05) is 14.2 Å². The van der Waals surface area contributed by atoms with Crippen LogP contribution in [-0.4, -0.2) is 30.8 Å². The monoisotopic (exact) mass is 312 g/mol. The van der Waals surface area contributed by atoms with Gasteiger partial charge in [0.15, 0.2) is 0 Å². The second kappa shape index (κ2) is 6.13. The lowest BCUT2D eigenvalue weighted by Gasteiger charge is -2.36. The second-order valence-electron chi connectivity index (χ2n) is 4.99. The topological polar surface area (TPSA) is 34.2 Å². The Morgan fingerprint density at radius 3 is 2.67 bits per heavy atom. The van der Waals surface area contributed by atoms with Crippen LogP contribution < -0.4 is 5.32 Å². The normalized spacial score (nSPS) is 19.9. The molecule has 0 bridgehead atoms. The third-order valence-corrected chi connectivity index (χ3v) is 4.51.